The number of hydrogen-bond acceptors (Lipinski definition) is 5. The number of aromatic carboxylic acids is 1. The van der Waals surface area contributed by atoms with Gasteiger partial charge in [-0.1, -0.05) is 0 Å². The minimum atomic E-state index is -1.01. The fraction of sp³-hybridized carbons (Fsp3) is 0. The maximum absolute atomic E-state index is 11.0. The standard InChI is InChI=1S/C12H6BrN3O2S/c13-10-2-1-8(5-9(10)11(17)18)19-12-15-4-3-7(6-14)16-12/h1-5H,(H,17,18). The molecule has 2 rings (SSSR count). The first kappa shape index (κ1) is 13.5. The molecule has 5 nitrogen and oxygen atoms in total. The van der Waals surface area contributed by atoms with Crippen LogP contribution in [0.1, 0.15) is 16.1 Å². The first-order chi connectivity index (χ1) is 9.10. The third-order valence-electron chi connectivity index (χ3n) is 2.13. The van der Waals surface area contributed by atoms with Crippen molar-refractivity contribution < 1.29 is 9.90 Å². The zero-order chi connectivity index (χ0) is 13.8. The van der Waals surface area contributed by atoms with Crippen LogP contribution in [0.3, 0.4) is 0 Å². The Balaban J connectivity index is 2.31. The van der Waals surface area contributed by atoms with E-state index >= 15 is 0 Å². The first-order valence-electron chi connectivity index (χ1n) is 5.04. The number of halogens is 1. The van der Waals surface area contributed by atoms with E-state index in [4.69, 9.17) is 10.4 Å². The molecule has 0 aliphatic rings. The Morgan fingerprint density at radius 1 is 1.42 bits per heavy atom. The molecular weight excluding hydrogens is 330 g/mol. The van der Waals surface area contributed by atoms with E-state index in [1.54, 1.807) is 12.1 Å². The molecule has 0 saturated carbocycles. The van der Waals surface area contributed by atoms with Crippen LogP contribution >= 0.6 is 27.7 Å². The summed E-state index contributed by atoms with van der Waals surface area (Å²) in [5, 5.41) is 18.2. The highest BCUT2D eigenvalue weighted by atomic mass is 79.9. The monoisotopic (exact) mass is 335 g/mol. The maximum atomic E-state index is 11.0. The van der Waals surface area contributed by atoms with Gasteiger partial charge in [-0.3, -0.25) is 0 Å². The molecule has 0 atom stereocenters. The van der Waals surface area contributed by atoms with Crippen LogP contribution in [0, 0.1) is 11.3 Å². The number of rotatable bonds is 3. The van der Waals surface area contributed by atoms with E-state index in [0.29, 0.717) is 14.5 Å². The van der Waals surface area contributed by atoms with Crippen LogP contribution in [0.25, 0.3) is 0 Å². The maximum Gasteiger partial charge on any atom is 0.336 e. The molecule has 0 saturated heterocycles. The summed E-state index contributed by atoms with van der Waals surface area (Å²) in [6.45, 7) is 0. The number of nitriles is 1. The van der Waals surface area contributed by atoms with Crippen LogP contribution in [-0.4, -0.2) is 21.0 Å². The Morgan fingerprint density at radius 2 is 2.21 bits per heavy atom. The molecule has 1 aromatic carbocycles. The normalized spacial score (nSPS) is 9.89. The molecule has 0 bridgehead atoms. The summed E-state index contributed by atoms with van der Waals surface area (Å²) < 4.78 is 0.510. The van der Waals surface area contributed by atoms with Crippen molar-refractivity contribution in [1.82, 2.24) is 9.97 Å². The smallest absolute Gasteiger partial charge is 0.336 e. The molecule has 19 heavy (non-hydrogen) atoms. The van der Waals surface area contributed by atoms with Crippen molar-refractivity contribution in [3.05, 3.63) is 46.2 Å². The van der Waals surface area contributed by atoms with Crippen molar-refractivity contribution >= 4 is 33.7 Å². The minimum absolute atomic E-state index is 0.168. The fourth-order valence-corrected chi connectivity index (χ4v) is 2.49. The van der Waals surface area contributed by atoms with Crippen LogP contribution in [0.5, 0.6) is 0 Å². The van der Waals surface area contributed by atoms with Crippen molar-refractivity contribution in [2.75, 3.05) is 0 Å². The van der Waals surface area contributed by atoms with E-state index in [9.17, 15) is 4.79 Å². The van der Waals surface area contributed by atoms with E-state index in [2.05, 4.69) is 25.9 Å². The Kier molecular flexibility index (Phi) is 4.14. The number of aromatic nitrogens is 2. The second-order valence-corrected chi connectivity index (χ2v) is 5.28. The fourth-order valence-electron chi connectivity index (χ4n) is 1.29. The number of carboxylic acid groups (broad SMARTS) is 1. The van der Waals surface area contributed by atoms with E-state index in [0.717, 1.165) is 0 Å². The predicted octanol–water partition coefficient (Wildman–Crippen LogP) is 2.96. The van der Waals surface area contributed by atoms with Gasteiger partial charge in [-0.05, 0) is 52.0 Å². The van der Waals surface area contributed by atoms with Crippen LogP contribution in [-0.2, 0) is 0 Å². The van der Waals surface area contributed by atoms with Crippen LogP contribution in [0.4, 0.5) is 0 Å². The van der Waals surface area contributed by atoms with Crippen LogP contribution < -0.4 is 0 Å². The molecule has 0 aliphatic heterocycles. The zero-order valence-electron chi connectivity index (χ0n) is 9.37. The van der Waals surface area contributed by atoms with Crippen molar-refractivity contribution in [2.45, 2.75) is 10.1 Å². The van der Waals surface area contributed by atoms with Crippen molar-refractivity contribution in [3.63, 3.8) is 0 Å². The number of carbonyl (C=O) groups is 1. The number of carboxylic acids is 1. The molecule has 0 unspecified atom stereocenters. The second kappa shape index (κ2) is 5.82. The highest BCUT2D eigenvalue weighted by Gasteiger charge is 2.10. The van der Waals surface area contributed by atoms with Gasteiger partial charge in [-0.2, -0.15) is 5.26 Å². The van der Waals surface area contributed by atoms with Gasteiger partial charge >= 0.3 is 5.97 Å². The van der Waals surface area contributed by atoms with Gasteiger partial charge in [0.25, 0.3) is 0 Å². The lowest BCUT2D eigenvalue weighted by molar-refractivity contribution is 0.0695. The van der Waals surface area contributed by atoms with Gasteiger partial charge < -0.3 is 5.11 Å². The molecule has 0 radical (unpaired) electrons. The van der Waals surface area contributed by atoms with E-state index in [1.807, 2.05) is 6.07 Å². The van der Waals surface area contributed by atoms with Crippen LogP contribution in [0.2, 0.25) is 0 Å². The number of nitrogens with zero attached hydrogens (tertiary/aromatic N) is 3. The molecule has 1 heterocycles. The van der Waals surface area contributed by atoms with E-state index < -0.39 is 5.97 Å². The summed E-state index contributed by atoms with van der Waals surface area (Å²) in [7, 11) is 0. The highest BCUT2D eigenvalue weighted by Crippen LogP contribution is 2.28. The molecule has 2 aromatic rings. The highest BCUT2D eigenvalue weighted by molar-refractivity contribution is 9.10. The lowest BCUT2D eigenvalue weighted by atomic mass is 10.2. The van der Waals surface area contributed by atoms with Gasteiger partial charge in [0, 0.05) is 15.6 Å². The Morgan fingerprint density at radius 3 is 2.89 bits per heavy atom. The second-order valence-electron chi connectivity index (χ2n) is 3.39. The van der Waals surface area contributed by atoms with E-state index in [-0.39, 0.29) is 11.3 Å². The quantitative estimate of drug-likeness (QED) is 0.867. The van der Waals surface area contributed by atoms with Gasteiger partial charge in [-0.15, -0.1) is 0 Å². The minimum Gasteiger partial charge on any atom is -0.478 e. The summed E-state index contributed by atoms with van der Waals surface area (Å²) in [5.41, 5.74) is 0.439. The average molecular weight is 336 g/mol. The first-order valence-corrected chi connectivity index (χ1v) is 6.65. The molecule has 0 spiro atoms. The SMILES string of the molecule is N#Cc1ccnc(Sc2ccc(Br)c(C(=O)O)c2)n1. The molecule has 7 heteroatoms. The van der Waals surface area contributed by atoms with Gasteiger partial charge in [0.1, 0.15) is 11.8 Å². The third-order valence-corrected chi connectivity index (χ3v) is 3.69. The summed E-state index contributed by atoms with van der Waals surface area (Å²) in [5.74, 6) is -1.01. The van der Waals surface area contributed by atoms with Gasteiger partial charge in [-0.25, -0.2) is 14.8 Å². The van der Waals surface area contributed by atoms with Crippen LogP contribution in [0.15, 0.2) is 45.0 Å². The Hall–Kier alpha value is -1.91. The molecule has 0 fully saturated rings. The summed E-state index contributed by atoms with van der Waals surface area (Å²) in [4.78, 5) is 19.7. The van der Waals surface area contributed by atoms with Crippen molar-refractivity contribution in [3.8, 4) is 6.07 Å². The summed E-state index contributed by atoms with van der Waals surface area (Å²) in [6.07, 6.45) is 1.49. The van der Waals surface area contributed by atoms with Gasteiger partial charge in [0.2, 0.25) is 0 Å². The lowest BCUT2D eigenvalue weighted by Gasteiger charge is -2.03. The molecule has 94 valence electrons. The average Bonchev–Trinajstić information content (AvgIpc) is 2.41. The van der Waals surface area contributed by atoms with E-state index in [1.165, 1.54) is 30.1 Å². The topological polar surface area (TPSA) is 86.9 Å². The van der Waals surface area contributed by atoms with Crippen molar-refractivity contribution in [2.24, 2.45) is 0 Å². The third kappa shape index (κ3) is 3.30. The molecule has 1 aromatic heterocycles. The summed E-state index contributed by atoms with van der Waals surface area (Å²) >= 11 is 4.37. The molecule has 0 amide bonds. The van der Waals surface area contributed by atoms with Gasteiger partial charge in [0.15, 0.2) is 5.16 Å². The van der Waals surface area contributed by atoms with Crippen molar-refractivity contribution in [1.29, 1.82) is 5.26 Å². The number of benzene rings is 1. The summed E-state index contributed by atoms with van der Waals surface area (Å²) in [6, 6.07) is 8.37. The largest absolute Gasteiger partial charge is 0.478 e. The Labute approximate surface area is 121 Å². The molecule has 0 aliphatic carbocycles. The van der Waals surface area contributed by atoms with Gasteiger partial charge in [0.05, 0.1) is 5.56 Å². The molecular formula is C12H6BrN3O2S. The molecule has 1 N–H and O–H groups in total. The number of hydrogen-bond donors (Lipinski definition) is 1. The lowest BCUT2D eigenvalue weighted by Crippen LogP contribution is -1.97. The Bertz CT molecular complexity index is 685. The predicted molar refractivity (Wildman–Crippen MR) is 72.0 cm³/mol. The zero-order valence-corrected chi connectivity index (χ0v) is 11.8.